The fraction of sp³-hybridized carbons (Fsp3) is 0.0526. The number of hydrogen-bond acceptors (Lipinski definition) is 6. The molecule has 134 valence electrons. The van der Waals surface area contributed by atoms with Crippen molar-refractivity contribution in [2.75, 3.05) is 5.73 Å². The predicted molar refractivity (Wildman–Crippen MR) is 97.2 cm³/mol. The van der Waals surface area contributed by atoms with Gasteiger partial charge in [-0.05, 0) is 35.9 Å². The topological polar surface area (TPSA) is 142 Å². The number of anilines is 1. The van der Waals surface area contributed by atoms with E-state index in [0.717, 1.165) is 5.56 Å². The van der Waals surface area contributed by atoms with Crippen molar-refractivity contribution in [3.63, 3.8) is 0 Å². The van der Waals surface area contributed by atoms with Gasteiger partial charge in [-0.2, -0.15) is 5.26 Å². The van der Waals surface area contributed by atoms with Gasteiger partial charge in [0.15, 0.2) is 0 Å². The molecular weight excluding hydrogens is 348 g/mol. The Bertz CT molecular complexity index is 1100. The number of carboxylic acid groups (broad SMARTS) is 1. The minimum atomic E-state index is -1.00. The summed E-state index contributed by atoms with van der Waals surface area (Å²) in [5.41, 5.74) is 7.29. The molecule has 0 atom stereocenters. The molecule has 1 aromatic heterocycles. The van der Waals surface area contributed by atoms with Crippen molar-refractivity contribution in [3.05, 3.63) is 75.6 Å². The van der Waals surface area contributed by atoms with Gasteiger partial charge in [0.1, 0.15) is 18.4 Å². The molecule has 8 heteroatoms. The van der Waals surface area contributed by atoms with E-state index < -0.39 is 5.97 Å². The lowest BCUT2D eigenvalue weighted by molar-refractivity contribution is 0.0697. The second-order valence-corrected chi connectivity index (χ2v) is 5.63. The third-order valence-electron chi connectivity index (χ3n) is 3.75. The third kappa shape index (κ3) is 4.11. The van der Waals surface area contributed by atoms with Gasteiger partial charge in [0, 0.05) is 11.6 Å². The second-order valence-electron chi connectivity index (χ2n) is 5.63. The van der Waals surface area contributed by atoms with Gasteiger partial charge in [-0.1, -0.05) is 12.1 Å². The number of benzene rings is 2. The van der Waals surface area contributed by atoms with Crippen molar-refractivity contribution >= 4 is 11.9 Å². The first kappa shape index (κ1) is 17.7. The number of H-pyrrole nitrogens is 1. The lowest BCUT2D eigenvalue weighted by Crippen LogP contribution is -2.10. The molecule has 0 aliphatic rings. The molecule has 3 aromatic rings. The summed E-state index contributed by atoms with van der Waals surface area (Å²) in [5.74, 6) is -0.652. The highest BCUT2D eigenvalue weighted by molar-refractivity contribution is 5.87. The maximum absolute atomic E-state index is 11.5. The Kier molecular flexibility index (Phi) is 4.86. The molecule has 2 aromatic carbocycles. The van der Waals surface area contributed by atoms with Crippen LogP contribution in [0.1, 0.15) is 21.5 Å². The average Bonchev–Trinajstić information content (AvgIpc) is 2.65. The number of nitriles is 1. The van der Waals surface area contributed by atoms with E-state index in [1.165, 1.54) is 18.2 Å². The van der Waals surface area contributed by atoms with Crippen LogP contribution in [0.3, 0.4) is 0 Å². The average molecular weight is 362 g/mol. The summed E-state index contributed by atoms with van der Waals surface area (Å²) < 4.78 is 5.67. The van der Waals surface area contributed by atoms with Crippen LogP contribution < -0.4 is 16.0 Å². The number of ether oxygens (including phenoxy) is 1. The fourth-order valence-corrected chi connectivity index (χ4v) is 2.43. The molecule has 0 amide bonds. The van der Waals surface area contributed by atoms with Crippen molar-refractivity contribution in [1.29, 1.82) is 5.26 Å². The Balaban J connectivity index is 1.81. The van der Waals surface area contributed by atoms with Gasteiger partial charge in [0.25, 0.3) is 5.56 Å². The van der Waals surface area contributed by atoms with Crippen LogP contribution in [0.5, 0.6) is 5.75 Å². The van der Waals surface area contributed by atoms with Crippen LogP contribution in [-0.4, -0.2) is 21.0 Å². The Morgan fingerprint density at radius 3 is 2.59 bits per heavy atom. The molecule has 3 rings (SSSR count). The van der Waals surface area contributed by atoms with E-state index in [2.05, 4.69) is 9.97 Å². The lowest BCUT2D eigenvalue weighted by Gasteiger charge is -2.10. The molecule has 8 nitrogen and oxygen atoms in total. The predicted octanol–water partition coefficient (Wildman–Crippen LogP) is 2.17. The largest absolute Gasteiger partial charge is 0.488 e. The molecule has 0 radical (unpaired) electrons. The standard InChI is InChI=1S/C19H14N4O4/c20-9-14-7-13(15-8-17(24)23-19(21)22-15)5-6-16(14)27-10-11-1-3-12(4-2-11)18(25)26/h1-8H,10H2,(H,25,26)(H3,21,22,23,24). The molecule has 0 spiro atoms. The molecule has 0 bridgehead atoms. The first-order chi connectivity index (χ1) is 13.0. The Hall–Kier alpha value is -4.12. The lowest BCUT2D eigenvalue weighted by atomic mass is 10.1. The van der Waals surface area contributed by atoms with Gasteiger partial charge in [-0.15, -0.1) is 0 Å². The van der Waals surface area contributed by atoms with Crippen molar-refractivity contribution in [2.24, 2.45) is 0 Å². The monoisotopic (exact) mass is 362 g/mol. The number of nitrogens with one attached hydrogen (secondary N) is 1. The van der Waals surface area contributed by atoms with E-state index in [4.69, 9.17) is 15.6 Å². The summed E-state index contributed by atoms with van der Waals surface area (Å²) in [6.45, 7) is 0.171. The van der Waals surface area contributed by atoms with Crippen LogP contribution in [0, 0.1) is 11.3 Å². The summed E-state index contributed by atoms with van der Waals surface area (Å²) in [7, 11) is 0. The minimum Gasteiger partial charge on any atom is -0.488 e. The molecule has 0 saturated heterocycles. The number of nitrogens with two attached hydrogens (primary N) is 1. The number of rotatable bonds is 5. The van der Waals surface area contributed by atoms with E-state index in [-0.39, 0.29) is 29.2 Å². The zero-order chi connectivity index (χ0) is 19.4. The number of aromatic amines is 1. The zero-order valence-corrected chi connectivity index (χ0v) is 14.0. The number of nitrogens with zero attached hydrogens (tertiary/aromatic N) is 2. The fourth-order valence-electron chi connectivity index (χ4n) is 2.43. The van der Waals surface area contributed by atoms with E-state index in [1.54, 1.807) is 30.3 Å². The maximum Gasteiger partial charge on any atom is 0.335 e. The van der Waals surface area contributed by atoms with Crippen molar-refractivity contribution < 1.29 is 14.6 Å². The van der Waals surface area contributed by atoms with E-state index in [0.29, 0.717) is 17.0 Å². The summed E-state index contributed by atoms with van der Waals surface area (Å²) in [4.78, 5) is 28.8. The number of carboxylic acids is 1. The molecule has 0 fully saturated rings. The van der Waals surface area contributed by atoms with Crippen LogP contribution in [0.25, 0.3) is 11.3 Å². The highest BCUT2D eigenvalue weighted by Gasteiger charge is 2.09. The molecule has 4 N–H and O–H groups in total. The van der Waals surface area contributed by atoms with Gasteiger partial charge in [0.05, 0.1) is 16.8 Å². The summed E-state index contributed by atoms with van der Waals surface area (Å²) >= 11 is 0. The number of hydrogen-bond donors (Lipinski definition) is 3. The van der Waals surface area contributed by atoms with E-state index in [9.17, 15) is 14.9 Å². The minimum absolute atomic E-state index is 0.0128. The number of aromatic nitrogens is 2. The van der Waals surface area contributed by atoms with Crippen molar-refractivity contribution in [3.8, 4) is 23.1 Å². The highest BCUT2D eigenvalue weighted by atomic mass is 16.5. The molecule has 27 heavy (non-hydrogen) atoms. The summed E-state index contributed by atoms with van der Waals surface area (Å²) in [6.07, 6.45) is 0. The molecule has 0 unspecified atom stereocenters. The van der Waals surface area contributed by atoms with Crippen LogP contribution >= 0.6 is 0 Å². The first-order valence-electron chi connectivity index (χ1n) is 7.82. The Morgan fingerprint density at radius 1 is 1.22 bits per heavy atom. The van der Waals surface area contributed by atoms with Crippen LogP contribution in [0.15, 0.2) is 53.3 Å². The van der Waals surface area contributed by atoms with Gasteiger partial charge >= 0.3 is 5.97 Å². The molecule has 0 saturated carbocycles. The molecular formula is C19H14N4O4. The summed E-state index contributed by atoms with van der Waals surface area (Å²) in [5, 5.41) is 18.3. The van der Waals surface area contributed by atoms with Crippen LogP contribution in [0.2, 0.25) is 0 Å². The van der Waals surface area contributed by atoms with Crippen LogP contribution in [-0.2, 0) is 6.61 Å². The SMILES string of the molecule is N#Cc1cc(-c2cc(=O)[nH]c(N)n2)ccc1OCc1ccc(C(=O)O)cc1. The molecule has 0 aliphatic carbocycles. The molecule has 1 heterocycles. The smallest absolute Gasteiger partial charge is 0.335 e. The number of nitrogen functional groups attached to an aromatic ring is 1. The quantitative estimate of drug-likeness (QED) is 0.631. The maximum atomic E-state index is 11.5. The Morgan fingerprint density at radius 2 is 1.96 bits per heavy atom. The van der Waals surface area contributed by atoms with Gasteiger partial charge in [-0.25, -0.2) is 9.78 Å². The Labute approximate surface area is 153 Å². The van der Waals surface area contributed by atoms with Crippen LogP contribution in [0.4, 0.5) is 5.95 Å². The van der Waals surface area contributed by atoms with Gasteiger partial charge < -0.3 is 15.6 Å². The first-order valence-corrected chi connectivity index (χ1v) is 7.82. The zero-order valence-electron chi connectivity index (χ0n) is 14.0. The molecule has 0 aliphatic heterocycles. The third-order valence-corrected chi connectivity index (χ3v) is 3.75. The summed E-state index contributed by atoms with van der Waals surface area (Å²) in [6, 6.07) is 14.4. The van der Waals surface area contributed by atoms with Gasteiger partial charge in [0.2, 0.25) is 5.95 Å². The number of aromatic carboxylic acids is 1. The normalized spacial score (nSPS) is 10.2. The van der Waals surface area contributed by atoms with Crippen molar-refractivity contribution in [2.45, 2.75) is 6.61 Å². The number of carbonyl (C=O) groups is 1. The highest BCUT2D eigenvalue weighted by Crippen LogP contribution is 2.25. The van der Waals surface area contributed by atoms with E-state index >= 15 is 0 Å². The second kappa shape index (κ2) is 7.41. The van der Waals surface area contributed by atoms with E-state index in [1.807, 2.05) is 6.07 Å². The van der Waals surface area contributed by atoms with Crippen molar-refractivity contribution in [1.82, 2.24) is 9.97 Å². The van der Waals surface area contributed by atoms with Gasteiger partial charge in [-0.3, -0.25) is 9.78 Å².